The molecule has 0 spiro atoms. The van der Waals surface area contributed by atoms with E-state index in [0.29, 0.717) is 23.1 Å². The molecule has 0 aliphatic rings. The van der Waals surface area contributed by atoms with Crippen molar-refractivity contribution in [3.8, 4) is 11.5 Å². The summed E-state index contributed by atoms with van der Waals surface area (Å²) in [5.74, 6) is 1.10. The van der Waals surface area contributed by atoms with Crippen molar-refractivity contribution in [2.75, 3.05) is 18.5 Å². The van der Waals surface area contributed by atoms with Crippen molar-refractivity contribution in [3.63, 3.8) is 0 Å². The molecular weight excluding hydrogens is 302 g/mol. The van der Waals surface area contributed by atoms with Gasteiger partial charge in [0.05, 0.1) is 6.61 Å². The summed E-state index contributed by atoms with van der Waals surface area (Å²) in [6, 6.07) is 14.1. The summed E-state index contributed by atoms with van der Waals surface area (Å²) in [4.78, 5) is 11.9. The Hall–Kier alpha value is -2.20. The predicted octanol–water partition coefficient (Wildman–Crippen LogP) is 4.15. The van der Waals surface area contributed by atoms with Gasteiger partial charge >= 0.3 is 0 Å². The lowest BCUT2D eigenvalue weighted by molar-refractivity contribution is -0.118. The van der Waals surface area contributed by atoms with Gasteiger partial charge in [0.1, 0.15) is 11.5 Å². The number of nitrogens with one attached hydrogen (secondary N) is 1. The molecule has 0 heterocycles. The van der Waals surface area contributed by atoms with Gasteiger partial charge in [-0.05, 0) is 42.8 Å². The number of benzene rings is 2. The summed E-state index contributed by atoms with van der Waals surface area (Å²) >= 11 is 5.79. The Bertz CT molecular complexity index is 614. The van der Waals surface area contributed by atoms with E-state index in [9.17, 15) is 4.79 Å². The highest BCUT2D eigenvalue weighted by molar-refractivity contribution is 6.30. The third kappa shape index (κ3) is 5.30. The second-order valence-corrected chi connectivity index (χ2v) is 5.10. The largest absolute Gasteiger partial charge is 0.494 e. The molecule has 4 nitrogen and oxygen atoms in total. The molecule has 1 amide bonds. The number of rotatable bonds is 7. The minimum Gasteiger partial charge on any atom is -0.494 e. The van der Waals surface area contributed by atoms with Crippen LogP contribution in [0.3, 0.4) is 0 Å². The minimum absolute atomic E-state index is 0.0678. The number of hydrogen-bond donors (Lipinski definition) is 1. The number of carbonyl (C=O) groups excluding carboxylic acids is 1. The second-order valence-electron chi connectivity index (χ2n) is 4.67. The predicted molar refractivity (Wildman–Crippen MR) is 87.8 cm³/mol. The van der Waals surface area contributed by atoms with Crippen molar-refractivity contribution in [3.05, 3.63) is 53.6 Å². The van der Waals surface area contributed by atoms with Crippen LogP contribution in [0.1, 0.15) is 13.3 Å². The monoisotopic (exact) mass is 319 g/mol. The Balaban J connectivity index is 1.85. The Morgan fingerprint density at radius 3 is 2.59 bits per heavy atom. The average Bonchev–Trinajstić information content (AvgIpc) is 2.53. The first-order valence-electron chi connectivity index (χ1n) is 7.08. The fourth-order valence-electron chi connectivity index (χ4n) is 1.76. The fraction of sp³-hybridized carbons (Fsp3) is 0.235. The highest BCUT2D eigenvalue weighted by atomic mass is 35.5. The molecule has 0 bridgehead atoms. The van der Waals surface area contributed by atoms with Crippen molar-refractivity contribution < 1.29 is 14.3 Å². The molecule has 0 aliphatic heterocycles. The number of carbonyl (C=O) groups is 1. The van der Waals surface area contributed by atoms with Gasteiger partial charge in [-0.2, -0.15) is 0 Å². The summed E-state index contributed by atoms with van der Waals surface area (Å²) in [5.41, 5.74) is 0.679. The van der Waals surface area contributed by atoms with Gasteiger partial charge in [0.25, 0.3) is 5.91 Å². The maximum atomic E-state index is 11.9. The van der Waals surface area contributed by atoms with E-state index in [4.69, 9.17) is 21.1 Å². The average molecular weight is 320 g/mol. The van der Waals surface area contributed by atoms with E-state index >= 15 is 0 Å². The smallest absolute Gasteiger partial charge is 0.262 e. The molecule has 2 aromatic carbocycles. The van der Waals surface area contributed by atoms with Gasteiger partial charge in [0.2, 0.25) is 0 Å². The fourth-order valence-corrected chi connectivity index (χ4v) is 1.89. The quantitative estimate of drug-likeness (QED) is 0.834. The van der Waals surface area contributed by atoms with Gasteiger partial charge in [0, 0.05) is 16.8 Å². The van der Waals surface area contributed by atoms with E-state index in [2.05, 4.69) is 5.32 Å². The zero-order chi connectivity index (χ0) is 15.8. The van der Waals surface area contributed by atoms with Crippen LogP contribution in [0, 0.1) is 0 Å². The van der Waals surface area contributed by atoms with Gasteiger partial charge in [-0.3, -0.25) is 4.79 Å². The van der Waals surface area contributed by atoms with Crippen LogP contribution < -0.4 is 14.8 Å². The first-order valence-corrected chi connectivity index (χ1v) is 7.46. The number of hydrogen-bond acceptors (Lipinski definition) is 3. The van der Waals surface area contributed by atoms with Crippen LogP contribution in [0.4, 0.5) is 5.69 Å². The summed E-state index contributed by atoms with van der Waals surface area (Å²) < 4.78 is 10.9. The minimum atomic E-state index is -0.234. The molecule has 0 radical (unpaired) electrons. The van der Waals surface area contributed by atoms with Crippen molar-refractivity contribution in [1.29, 1.82) is 0 Å². The lowest BCUT2D eigenvalue weighted by atomic mass is 10.3. The highest BCUT2D eigenvalue weighted by Gasteiger charge is 2.05. The summed E-state index contributed by atoms with van der Waals surface area (Å²) in [5, 5.41) is 3.40. The number of ether oxygens (including phenoxy) is 2. The maximum absolute atomic E-state index is 11.9. The second kappa shape index (κ2) is 8.29. The van der Waals surface area contributed by atoms with Gasteiger partial charge in [0.15, 0.2) is 6.61 Å². The molecule has 1 N–H and O–H groups in total. The topological polar surface area (TPSA) is 47.6 Å². The van der Waals surface area contributed by atoms with Crippen LogP contribution in [0.15, 0.2) is 48.5 Å². The summed E-state index contributed by atoms with van der Waals surface area (Å²) in [6.07, 6.45) is 0.936. The van der Waals surface area contributed by atoms with Gasteiger partial charge in [-0.15, -0.1) is 0 Å². The number of halogens is 1. The van der Waals surface area contributed by atoms with E-state index in [-0.39, 0.29) is 12.5 Å². The first kappa shape index (κ1) is 16.2. The third-order valence-corrected chi connectivity index (χ3v) is 3.03. The van der Waals surface area contributed by atoms with Crippen LogP contribution in [0.2, 0.25) is 5.02 Å². The Morgan fingerprint density at radius 1 is 1.09 bits per heavy atom. The normalized spacial score (nSPS) is 10.1. The molecule has 0 unspecified atom stereocenters. The Kier molecular flexibility index (Phi) is 6.10. The number of anilines is 1. The van der Waals surface area contributed by atoms with E-state index in [1.165, 1.54) is 0 Å². The molecule has 0 aromatic heterocycles. The summed E-state index contributed by atoms with van der Waals surface area (Å²) in [7, 11) is 0. The van der Waals surface area contributed by atoms with E-state index in [1.807, 2.05) is 19.1 Å². The molecule has 0 saturated carbocycles. The van der Waals surface area contributed by atoms with E-state index in [1.54, 1.807) is 36.4 Å². The molecule has 2 rings (SSSR count). The Morgan fingerprint density at radius 2 is 1.86 bits per heavy atom. The van der Waals surface area contributed by atoms with E-state index < -0.39 is 0 Å². The molecule has 0 saturated heterocycles. The van der Waals surface area contributed by atoms with Gasteiger partial charge in [-0.1, -0.05) is 24.6 Å². The zero-order valence-corrected chi connectivity index (χ0v) is 13.1. The van der Waals surface area contributed by atoms with Crippen molar-refractivity contribution in [2.24, 2.45) is 0 Å². The molecule has 116 valence electrons. The molecule has 0 fully saturated rings. The van der Waals surface area contributed by atoms with Gasteiger partial charge in [-0.25, -0.2) is 0 Å². The lowest BCUT2D eigenvalue weighted by Gasteiger charge is -2.09. The molecule has 0 atom stereocenters. The van der Waals surface area contributed by atoms with Crippen LogP contribution >= 0.6 is 11.6 Å². The lowest BCUT2D eigenvalue weighted by Crippen LogP contribution is -2.20. The molecular formula is C17H18ClNO3. The molecule has 0 aliphatic carbocycles. The van der Waals surface area contributed by atoms with Crippen molar-refractivity contribution in [1.82, 2.24) is 0 Å². The SMILES string of the molecule is CCCOc1cccc(NC(=O)COc2ccc(Cl)cc2)c1. The highest BCUT2D eigenvalue weighted by Crippen LogP contribution is 2.18. The zero-order valence-electron chi connectivity index (χ0n) is 12.3. The molecule has 5 heteroatoms. The molecule has 22 heavy (non-hydrogen) atoms. The summed E-state index contributed by atoms with van der Waals surface area (Å²) in [6.45, 7) is 2.62. The first-order chi connectivity index (χ1) is 10.7. The van der Waals surface area contributed by atoms with Gasteiger partial charge < -0.3 is 14.8 Å². The van der Waals surface area contributed by atoms with E-state index in [0.717, 1.165) is 12.2 Å². The standard InChI is InChI=1S/C17H18ClNO3/c1-2-10-21-16-5-3-4-14(11-16)19-17(20)12-22-15-8-6-13(18)7-9-15/h3-9,11H,2,10,12H2,1H3,(H,19,20). The van der Waals surface area contributed by atoms with Crippen LogP contribution in [-0.2, 0) is 4.79 Å². The third-order valence-electron chi connectivity index (χ3n) is 2.77. The van der Waals surface area contributed by atoms with Crippen molar-refractivity contribution in [2.45, 2.75) is 13.3 Å². The van der Waals surface area contributed by atoms with Crippen molar-refractivity contribution >= 4 is 23.2 Å². The van der Waals surface area contributed by atoms with Crippen LogP contribution in [0.5, 0.6) is 11.5 Å². The van der Waals surface area contributed by atoms with Crippen LogP contribution in [-0.4, -0.2) is 19.1 Å². The maximum Gasteiger partial charge on any atom is 0.262 e. The van der Waals surface area contributed by atoms with Crippen LogP contribution in [0.25, 0.3) is 0 Å². The Labute approximate surface area is 135 Å². The number of amides is 1. The molecule has 2 aromatic rings.